The number of fused-ring (bicyclic) bond motifs is 1. The smallest absolute Gasteiger partial charge is 0.353 e. The van der Waals surface area contributed by atoms with E-state index < -0.39 is 16.5 Å². The SMILES string of the molecule is Cc1nc(OC(=O)c2c(C)c3cc([N+](=O)[O-])ccc3oc2=O)sc1C. The lowest BCUT2D eigenvalue weighted by Crippen LogP contribution is -2.21. The van der Waals surface area contributed by atoms with Gasteiger partial charge in [-0.25, -0.2) is 14.6 Å². The first-order valence-electron chi connectivity index (χ1n) is 7.16. The molecule has 25 heavy (non-hydrogen) atoms. The quantitative estimate of drug-likeness (QED) is 0.305. The van der Waals surface area contributed by atoms with Crippen LogP contribution in [0.2, 0.25) is 0 Å². The fourth-order valence-electron chi connectivity index (χ4n) is 2.31. The predicted molar refractivity (Wildman–Crippen MR) is 90.4 cm³/mol. The van der Waals surface area contributed by atoms with Crippen LogP contribution in [0.25, 0.3) is 11.0 Å². The van der Waals surface area contributed by atoms with Crippen molar-refractivity contribution >= 4 is 34.0 Å². The molecule has 1 aromatic carbocycles. The van der Waals surface area contributed by atoms with E-state index >= 15 is 0 Å². The van der Waals surface area contributed by atoms with E-state index in [0.717, 1.165) is 10.6 Å². The number of nitro groups is 1. The van der Waals surface area contributed by atoms with Gasteiger partial charge in [-0.05, 0) is 32.4 Å². The van der Waals surface area contributed by atoms with Gasteiger partial charge in [-0.3, -0.25) is 10.1 Å². The number of hydrogen-bond acceptors (Lipinski definition) is 8. The summed E-state index contributed by atoms with van der Waals surface area (Å²) >= 11 is 1.18. The summed E-state index contributed by atoms with van der Waals surface area (Å²) in [5.41, 5.74) is -0.205. The summed E-state index contributed by atoms with van der Waals surface area (Å²) in [6, 6.07) is 3.80. The topological polar surface area (TPSA) is 113 Å². The first kappa shape index (κ1) is 16.8. The maximum atomic E-state index is 12.4. The number of benzene rings is 1. The van der Waals surface area contributed by atoms with Crippen LogP contribution in [0.5, 0.6) is 5.19 Å². The Labute approximate surface area is 144 Å². The van der Waals surface area contributed by atoms with Crippen LogP contribution in [0.3, 0.4) is 0 Å². The summed E-state index contributed by atoms with van der Waals surface area (Å²) in [7, 11) is 0. The molecule has 0 amide bonds. The molecule has 9 heteroatoms. The minimum absolute atomic E-state index is 0.123. The number of aryl methyl sites for hydroxylation is 3. The van der Waals surface area contributed by atoms with Crippen LogP contribution in [0.4, 0.5) is 5.69 Å². The van der Waals surface area contributed by atoms with E-state index in [2.05, 4.69) is 4.98 Å². The number of ether oxygens (including phenoxy) is 1. The normalized spacial score (nSPS) is 10.8. The highest BCUT2D eigenvalue weighted by molar-refractivity contribution is 7.13. The summed E-state index contributed by atoms with van der Waals surface area (Å²) in [5.74, 6) is -0.909. The van der Waals surface area contributed by atoms with Crippen LogP contribution < -0.4 is 10.4 Å². The van der Waals surface area contributed by atoms with E-state index in [4.69, 9.17) is 9.15 Å². The molecule has 0 saturated heterocycles. The lowest BCUT2D eigenvalue weighted by atomic mass is 10.1. The molecule has 0 aliphatic heterocycles. The van der Waals surface area contributed by atoms with E-state index in [1.165, 1.54) is 36.5 Å². The zero-order chi connectivity index (χ0) is 18.3. The highest BCUT2D eigenvalue weighted by Gasteiger charge is 2.23. The van der Waals surface area contributed by atoms with Crippen molar-refractivity contribution in [3.8, 4) is 5.19 Å². The Morgan fingerprint density at radius 3 is 2.64 bits per heavy atom. The molecule has 0 atom stereocenters. The van der Waals surface area contributed by atoms with Gasteiger partial charge in [0.2, 0.25) is 0 Å². The average Bonchev–Trinajstić information content (AvgIpc) is 2.84. The molecule has 0 bridgehead atoms. The highest BCUT2D eigenvalue weighted by Crippen LogP contribution is 2.27. The molecule has 0 aliphatic rings. The number of non-ortho nitro benzene ring substituents is 1. The van der Waals surface area contributed by atoms with Gasteiger partial charge in [0.05, 0.1) is 10.6 Å². The summed E-state index contributed by atoms with van der Waals surface area (Å²) < 4.78 is 10.3. The Bertz CT molecular complexity index is 1060. The summed E-state index contributed by atoms with van der Waals surface area (Å²) in [6.45, 7) is 5.12. The van der Waals surface area contributed by atoms with Gasteiger partial charge in [-0.15, -0.1) is 0 Å². The van der Waals surface area contributed by atoms with Gasteiger partial charge in [0.25, 0.3) is 10.9 Å². The fourth-order valence-corrected chi connectivity index (χ4v) is 3.06. The maximum absolute atomic E-state index is 12.4. The molecule has 2 heterocycles. The number of carbonyl (C=O) groups excluding carboxylic acids is 1. The fraction of sp³-hybridized carbons (Fsp3) is 0.188. The minimum Gasteiger partial charge on any atom is -0.422 e. The molecule has 0 spiro atoms. The Morgan fingerprint density at radius 1 is 1.32 bits per heavy atom. The Hall–Kier alpha value is -3.07. The first-order chi connectivity index (χ1) is 11.8. The number of rotatable bonds is 3. The van der Waals surface area contributed by atoms with Crippen molar-refractivity contribution in [2.75, 3.05) is 0 Å². The first-order valence-corrected chi connectivity index (χ1v) is 7.97. The third kappa shape index (κ3) is 3.01. The highest BCUT2D eigenvalue weighted by atomic mass is 32.1. The molecule has 2 aromatic heterocycles. The van der Waals surface area contributed by atoms with Gasteiger partial charge < -0.3 is 9.15 Å². The van der Waals surface area contributed by atoms with Crippen molar-refractivity contribution in [1.82, 2.24) is 4.98 Å². The molecule has 8 nitrogen and oxygen atoms in total. The second-order valence-corrected chi connectivity index (χ2v) is 6.50. The summed E-state index contributed by atoms with van der Waals surface area (Å²) in [4.78, 5) is 39.9. The molecular formula is C16H12N2O6S. The van der Waals surface area contributed by atoms with Crippen LogP contribution >= 0.6 is 11.3 Å². The lowest BCUT2D eigenvalue weighted by molar-refractivity contribution is -0.384. The molecule has 0 N–H and O–H groups in total. The van der Waals surface area contributed by atoms with Gasteiger partial charge in [0.1, 0.15) is 11.1 Å². The number of thiazole rings is 1. The predicted octanol–water partition coefficient (Wildman–Crippen LogP) is 3.30. The van der Waals surface area contributed by atoms with E-state index in [-0.39, 0.29) is 27.6 Å². The number of aromatic nitrogens is 1. The zero-order valence-electron chi connectivity index (χ0n) is 13.5. The number of nitro benzene ring substituents is 1. The molecule has 0 radical (unpaired) electrons. The minimum atomic E-state index is -0.909. The largest absolute Gasteiger partial charge is 0.422 e. The molecular weight excluding hydrogens is 348 g/mol. The van der Waals surface area contributed by atoms with Crippen LogP contribution in [-0.4, -0.2) is 15.9 Å². The van der Waals surface area contributed by atoms with Gasteiger partial charge >= 0.3 is 11.6 Å². The molecule has 3 rings (SSSR count). The van der Waals surface area contributed by atoms with Crippen LogP contribution in [0.15, 0.2) is 27.4 Å². The van der Waals surface area contributed by atoms with Crippen molar-refractivity contribution < 1.29 is 18.9 Å². The van der Waals surface area contributed by atoms with Gasteiger partial charge in [-0.2, -0.15) is 0 Å². The van der Waals surface area contributed by atoms with Crippen LogP contribution in [-0.2, 0) is 0 Å². The van der Waals surface area contributed by atoms with Crippen LogP contribution in [0, 0.1) is 30.9 Å². The third-order valence-corrected chi connectivity index (χ3v) is 4.70. The second kappa shape index (κ2) is 6.10. The molecule has 128 valence electrons. The van der Waals surface area contributed by atoms with E-state index in [1.54, 1.807) is 6.92 Å². The van der Waals surface area contributed by atoms with Crippen molar-refractivity contribution in [1.29, 1.82) is 0 Å². The number of esters is 1. The molecule has 3 aromatic rings. The maximum Gasteiger partial charge on any atom is 0.353 e. The average molecular weight is 360 g/mol. The third-order valence-electron chi connectivity index (χ3n) is 3.75. The van der Waals surface area contributed by atoms with Crippen molar-refractivity contribution in [3.63, 3.8) is 0 Å². The number of carbonyl (C=O) groups is 1. The van der Waals surface area contributed by atoms with E-state index in [9.17, 15) is 19.7 Å². The zero-order valence-corrected chi connectivity index (χ0v) is 14.3. The van der Waals surface area contributed by atoms with Gasteiger partial charge in [0.15, 0.2) is 0 Å². The number of hydrogen-bond donors (Lipinski definition) is 0. The van der Waals surface area contributed by atoms with E-state index in [1.807, 2.05) is 6.92 Å². The summed E-state index contributed by atoms with van der Waals surface area (Å²) in [5, 5.41) is 11.4. The molecule has 0 unspecified atom stereocenters. The Kier molecular flexibility index (Phi) is 4.09. The van der Waals surface area contributed by atoms with Gasteiger partial charge in [-0.1, -0.05) is 11.3 Å². The molecule has 0 aliphatic carbocycles. The van der Waals surface area contributed by atoms with Crippen molar-refractivity contribution in [2.24, 2.45) is 0 Å². The Balaban J connectivity index is 2.09. The molecule has 0 saturated carbocycles. The standard InChI is InChI=1S/C16H12N2O6S/c1-7-11-6-10(18(21)22)4-5-12(11)23-14(19)13(7)15(20)24-16-17-8(2)9(3)25-16/h4-6H,1-3H3. The summed E-state index contributed by atoms with van der Waals surface area (Å²) in [6.07, 6.45) is 0. The van der Waals surface area contributed by atoms with E-state index in [0.29, 0.717) is 5.39 Å². The molecule has 0 fully saturated rings. The van der Waals surface area contributed by atoms with Gasteiger partial charge in [0, 0.05) is 22.4 Å². The second-order valence-electron chi connectivity index (χ2n) is 5.34. The Morgan fingerprint density at radius 2 is 2.04 bits per heavy atom. The lowest BCUT2D eigenvalue weighted by Gasteiger charge is -2.06. The monoisotopic (exact) mass is 360 g/mol. The van der Waals surface area contributed by atoms with Crippen molar-refractivity contribution in [2.45, 2.75) is 20.8 Å². The van der Waals surface area contributed by atoms with Crippen molar-refractivity contribution in [3.05, 3.63) is 60.4 Å². The van der Waals surface area contributed by atoms with Crippen LogP contribution in [0.1, 0.15) is 26.5 Å². The number of nitrogens with zero attached hydrogens (tertiary/aromatic N) is 2.